The largest absolute Gasteiger partial charge is 0.316 e. The molecule has 1 aromatic carbocycles. The van der Waals surface area contributed by atoms with Crippen LogP contribution in [0.4, 0.5) is 0 Å². The monoisotopic (exact) mass is 256 g/mol. The highest BCUT2D eigenvalue weighted by atomic mass is 15.1. The molecule has 2 nitrogen and oxygen atoms in total. The van der Waals surface area contributed by atoms with E-state index in [1.807, 2.05) is 0 Å². The molecule has 2 saturated heterocycles. The molecule has 2 aliphatic heterocycles. The predicted octanol–water partition coefficient (Wildman–Crippen LogP) is 2.22. The quantitative estimate of drug-likeness (QED) is 0.873. The third-order valence-electron chi connectivity index (χ3n) is 5.36. The minimum Gasteiger partial charge on any atom is -0.316 e. The van der Waals surface area contributed by atoms with Crippen LogP contribution in [0.2, 0.25) is 0 Å². The molecule has 19 heavy (non-hydrogen) atoms. The number of piperidine rings is 1. The first-order valence-electron chi connectivity index (χ1n) is 7.92. The van der Waals surface area contributed by atoms with Gasteiger partial charge in [0.1, 0.15) is 0 Å². The first-order chi connectivity index (χ1) is 9.38. The van der Waals surface area contributed by atoms with Crippen LogP contribution in [0.5, 0.6) is 0 Å². The van der Waals surface area contributed by atoms with Gasteiger partial charge >= 0.3 is 0 Å². The number of likely N-dealkylation sites (tertiary alicyclic amines) is 1. The Morgan fingerprint density at radius 1 is 1.11 bits per heavy atom. The molecule has 0 aromatic heterocycles. The topological polar surface area (TPSA) is 15.3 Å². The maximum absolute atomic E-state index is 3.56. The highest BCUT2D eigenvalue weighted by molar-refractivity contribution is 5.35. The maximum Gasteiger partial charge on any atom is 0.0233 e. The number of nitrogens with zero attached hydrogens (tertiary/aromatic N) is 1. The Balaban J connectivity index is 1.44. The summed E-state index contributed by atoms with van der Waals surface area (Å²) >= 11 is 0. The van der Waals surface area contributed by atoms with Crippen LogP contribution >= 0.6 is 0 Å². The smallest absolute Gasteiger partial charge is 0.0233 e. The lowest BCUT2D eigenvalue weighted by Crippen LogP contribution is -2.39. The predicted molar refractivity (Wildman–Crippen MR) is 78.2 cm³/mol. The Hall–Kier alpha value is -0.860. The molecule has 2 unspecified atom stereocenters. The molecule has 3 aliphatic rings. The Labute approximate surface area is 116 Å². The first-order valence-corrected chi connectivity index (χ1v) is 7.92. The van der Waals surface area contributed by atoms with Crippen LogP contribution in [0.1, 0.15) is 29.5 Å². The fourth-order valence-electron chi connectivity index (χ4n) is 4.24. The summed E-state index contributed by atoms with van der Waals surface area (Å²) in [6.07, 6.45) is 5.35. The Kier molecular flexibility index (Phi) is 3.08. The minimum absolute atomic E-state index is 0.906. The van der Waals surface area contributed by atoms with Gasteiger partial charge in [0.05, 0.1) is 0 Å². The van der Waals surface area contributed by atoms with Gasteiger partial charge in [-0.2, -0.15) is 0 Å². The van der Waals surface area contributed by atoms with Gasteiger partial charge in [-0.1, -0.05) is 18.2 Å². The molecule has 1 aliphatic carbocycles. The van der Waals surface area contributed by atoms with Crippen LogP contribution in [-0.4, -0.2) is 31.1 Å². The summed E-state index contributed by atoms with van der Waals surface area (Å²) in [7, 11) is 0. The maximum atomic E-state index is 3.56. The Bertz CT molecular complexity index is 468. The van der Waals surface area contributed by atoms with Crippen LogP contribution in [-0.2, 0) is 19.4 Å². The summed E-state index contributed by atoms with van der Waals surface area (Å²) < 4.78 is 0. The number of fused-ring (bicyclic) bond motifs is 2. The lowest BCUT2D eigenvalue weighted by atomic mass is 9.88. The second kappa shape index (κ2) is 4.92. The molecule has 0 saturated carbocycles. The van der Waals surface area contributed by atoms with E-state index in [0.717, 1.165) is 18.4 Å². The highest BCUT2D eigenvalue weighted by Gasteiger charge is 2.32. The van der Waals surface area contributed by atoms with Crippen molar-refractivity contribution in [1.82, 2.24) is 10.2 Å². The summed E-state index contributed by atoms with van der Waals surface area (Å²) in [5.74, 6) is 1.86. The zero-order chi connectivity index (χ0) is 12.7. The number of benzene rings is 1. The minimum atomic E-state index is 0.906. The highest BCUT2D eigenvalue weighted by Crippen LogP contribution is 2.28. The van der Waals surface area contributed by atoms with E-state index in [0.29, 0.717) is 0 Å². The summed E-state index contributed by atoms with van der Waals surface area (Å²) in [4.78, 5) is 2.67. The molecule has 102 valence electrons. The molecule has 0 amide bonds. The van der Waals surface area contributed by atoms with E-state index >= 15 is 0 Å². The van der Waals surface area contributed by atoms with Gasteiger partial charge in [0, 0.05) is 13.1 Å². The zero-order valence-electron chi connectivity index (χ0n) is 11.7. The number of aryl methyl sites for hydroxylation is 2. The van der Waals surface area contributed by atoms with Gasteiger partial charge in [-0.25, -0.2) is 0 Å². The molecule has 0 radical (unpaired) electrons. The van der Waals surface area contributed by atoms with Crippen molar-refractivity contribution < 1.29 is 0 Å². The van der Waals surface area contributed by atoms with Crippen LogP contribution < -0.4 is 5.32 Å². The molecule has 4 rings (SSSR count). The van der Waals surface area contributed by atoms with Gasteiger partial charge in [-0.05, 0) is 73.8 Å². The van der Waals surface area contributed by atoms with Gasteiger partial charge < -0.3 is 5.32 Å². The number of hydrogen-bond donors (Lipinski definition) is 1. The summed E-state index contributed by atoms with van der Waals surface area (Å²) in [6.45, 7) is 6.26. The average molecular weight is 256 g/mol. The van der Waals surface area contributed by atoms with Crippen molar-refractivity contribution in [2.75, 3.05) is 26.2 Å². The lowest BCUT2D eigenvalue weighted by molar-refractivity contribution is 0.142. The van der Waals surface area contributed by atoms with Crippen LogP contribution in [0.15, 0.2) is 18.2 Å². The second-order valence-corrected chi connectivity index (χ2v) is 6.66. The SMILES string of the molecule is c1cc2c(cc1CN1CCC3CNCC3C1)CCC2. The summed E-state index contributed by atoms with van der Waals surface area (Å²) in [5.41, 5.74) is 4.75. The summed E-state index contributed by atoms with van der Waals surface area (Å²) in [6, 6.07) is 7.21. The van der Waals surface area contributed by atoms with Crippen LogP contribution in [0.25, 0.3) is 0 Å². The molecule has 2 atom stereocenters. The van der Waals surface area contributed by atoms with Crippen molar-refractivity contribution in [1.29, 1.82) is 0 Å². The lowest BCUT2D eigenvalue weighted by Gasteiger charge is -2.34. The van der Waals surface area contributed by atoms with Crippen LogP contribution in [0, 0.1) is 11.8 Å². The molecule has 0 spiro atoms. The van der Waals surface area contributed by atoms with Gasteiger partial charge in [-0.15, -0.1) is 0 Å². The van der Waals surface area contributed by atoms with Crippen molar-refractivity contribution in [3.63, 3.8) is 0 Å². The first kappa shape index (κ1) is 11.9. The normalized spacial score (nSPS) is 30.3. The molecule has 2 heteroatoms. The van der Waals surface area contributed by atoms with Crippen molar-refractivity contribution >= 4 is 0 Å². The van der Waals surface area contributed by atoms with Crippen LogP contribution in [0.3, 0.4) is 0 Å². The Morgan fingerprint density at radius 2 is 2.00 bits per heavy atom. The van der Waals surface area contributed by atoms with Gasteiger partial charge in [0.15, 0.2) is 0 Å². The van der Waals surface area contributed by atoms with E-state index in [2.05, 4.69) is 28.4 Å². The standard InChI is InChI=1S/C17H24N2/c1-2-14-5-4-13(8-15(14)3-1)11-19-7-6-16-9-18-10-17(16)12-19/h4-5,8,16-18H,1-3,6-7,9-12H2. The fraction of sp³-hybridized carbons (Fsp3) is 0.647. The fourth-order valence-corrected chi connectivity index (χ4v) is 4.24. The van der Waals surface area contributed by atoms with Crippen molar-refractivity contribution in [2.45, 2.75) is 32.2 Å². The molecular weight excluding hydrogens is 232 g/mol. The van der Waals surface area contributed by atoms with E-state index < -0.39 is 0 Å². The van der Waals surface area contributed by atoms with Crippen molar-refractivity contribution in [2.24, 2.45) is 11.8 Å². The van der Waals surface area contributed by atoms with E-state index in [1.165, 1.54) is 57.4 Å². The number of hydrogen-bond acceptors (Lipinski definition) is 2. The molecule has 2 fully saturated rings. The van der Waals surface area contributed by atoms with Crippen molar-refractivity contribution in [3.8, 4) is 0 Å². The number of nitrogens with one attached hydrogen (secondary N) is 1. The average Bonchev–Trinajstić information content (AvgIpc) is 3.05. The Morgan fingerprint density at radius 3 is 3.00 bits per heavy atom. The third kappa shape index (κ3) is 2.32. The van der Waals surface area contributed by atoms with Crippen molar-refractivity contribution in [3.05, 3.63) is 34.9 Å². The number of rotatable bonds is 2. The summed E-state index contributed by atoms with van der Waals surface area (Å²) in [5, 5.41) is 3.56. The van der Waals surface area contributed by atoms with E-state index in [1.54, 1.807) is 11.1 Å². The molecule has 2 heterocycles. The second-order valence-electron chi connectivity index (χ2n) is 6.66. The van der Waals surface area contributed by atoms with Gasteiger partial charge in [-0.3, -0.25) is 4.90 Å². The third-order valence-corrected chi connectivity index (χ3v) is 5.36. The molecule has 0 bridgehead atoms. The van der Waals surface area contributed by atoms with Gasteiger partial charge in [0.25, 0.3) is 0 Å². The molecular formula is C17H24N2. The molecule has 1 N–H and O–H groups in total. The van der Waals surface area contributed by atoms with E-state index in [-0.39, 0.29) is 0 Å². The zero-order valence-corrected chi connectivity index (χ0v) is 11.7. The molecule has 1 aromatic rings. The van der Waals surface area contributed by atoms with E-state index in [9.17, 15) is 0 Å². The van der Waals surface area contributed by atoms with Gasteiger partial charge in [0.2, 0.25) is 0 Å². The van der Waals surface area contributed by atoms with E-state index in [4.69, 9.17) is 0 Å².